The summed E-state index contributed by atoms with van der Waals surface area (Å²) < 4.78 is 12.0. The van der Waals surface area contributed by atoms with Crippen molar-refractivity contribution in [2.45, 2.75) is 32.8 Å². The van der Waals surface area contributed by atoms with Crippen LogP contribution in [-0.4, -0.2) is 29.1 Å². The van der Waals surface area contributed by atoms with Crippen LogP contribution in [0.3, 0.4) is 0 Å². The fraction of sp³-hybridized carbons (Fsp3) is 0.162. The van der Waals surface area contributed by atoms with E-state index >= 15 is 0 Å². The van der Waals surface area contributed by atoms with Gasteiger partial charge < -0.3 is 31.4 Å². The third-order valence-electron chi connectivity index (χ3n) is 7.54. The Morgan fingerprint density at radius 2 is 1.72 bits per heavy atom. The monoisotopic (exact) mass is 629 g/mol. The number of aromatic nitrogens is 1. The van der Waals surface area contributed by atoms with Gasteiger partial charge in [-0.1, -0.05) is 51.0 Å². The Bertz CT molecular complexity index is 2040. The topological polar surface area (TPSA) is 153 Å². The molecule has 0 aliphatic carbocycles. The van der Waals surface area contributed by atoms with Crippen molar-refractivity contribution in [3.05, 3.63) is 107 Å². The maximum atomic E-state index is 13.2. The molecule has 238 valence electrons. The van der Waals surface area contributed by atoms with Gasteiger partial charge in [-0.3, -0.25) is 9.69 Å². The molecule has 0 radical (unpaired) electrons. The zero-order valence-corrected chi connectivity index (χ0v) is 26.5. The maximum absolute atomic E-state index is 13.2. The molecule has 1 heterocycles. The Hall–Kier alpha value is -6.05. The number of aliphatic hydroxyl groups excluding tert-OH is 1. The number of pyridine rings is 1. The number of amides is 3. The van der Waals surface area contributed by atoms with Crippen LogP contribution < -0.4 is 31.2 Å². The molecule has 10 heteroatoms. The van der Waals surface area contributed by atoms with Gasteiger partial charge in [-0.15, -0.1) is 6.42 Å². The average Bonchev–Trinajstić information content (AvgIpc) is 3.04. The van der Waals surface area contributed by atoms with Gasteiger partial charge in [0.2, 0.25) is 0 Å². The number of nitrogens with zero attached hydrogens (tertiary/aromatic N) is 2. The van der Waals surface area contributed by atoms with Gasteiger partial charge in [0.15, 0.2) is 5.75 Å². The molecule has 47 heavy (non-hydrogen) atoms. The van der Waals surface area contributed by atoms with Crippen LogP contribution in [0.1, 0.15) is 47.8 Å². The third kappa shape index (κ3) is 6.81. The maximum Gasteiger partial charge on any atom is 0.324 e. The highest BCUT2D eigenvalue weighted by Gasteiger charge is 2.28. The fourth-order valence-corrected chi connectivity index (χ4v) is 5.27. The van der Waals surface area contributed by atoms with Crippen LogP contribution in [0.5, 0.6) is 17.2 Å². The molecular weight excluding hydrogens is 594 g/mol. The van der Waals surface area contributed by atoms with E-state index in [1.165, 1.54) is 12.0 Å². The molecule has 5 rings (SSSR count). The van der Waals surface area contributed by atoms with Crippen LogP contribution in [0.25, 0.3) is 10.8 Å². The molecule has 0 unspecified atom stereocenters. The van der Waals surface area contributed by atoms with E-state index in [-0.39, 0.29) is 23.6 Å². The number of carbonyl (C=O) groups is 2. The summed E-state index contributed by atoms with van der Waals surface area (Å²) in [6, 6.07) is 22.3. The lowest BCUT2D eigenvalue weighted by Crippen LogP contribution is -2.33. The quantitative estimate of drug-likeness (QED) is 0.130. The number of hydrogen-bond acceptors (Lipinski definition) is 7. The molecule has 4 aromatic carbocycles. The van der Waals surface area contributed by atoms with Crippen molar-refractivity contribution in [1.82, 2.24) is 4.98 Å². The highest BCUT2D eigenvalue weighted by atomic mass is 16.5. The molecule has 0 bridgehead atoms. The number of carbonyl (C=O) groups excluding carboxylic acids is 2. The van der Waals surface area contributed by atoms with E-state index in [2.05, 4.69) is 16.2 Å². The highest BCUT2D eigenvalue weighted by molar-refractivity contribution is 6.11. The van der Waals surface area contributed by atoms with Gasteiger partial charge in [-0.25, -0.2) is 9.78 Å². The summed E-state index contributed by atoms with van der Waals surface area (Å²) in [5.74, 6) is 3.52. The Morgan fingerprint density at radius 1 is 0.979 bits per heavy atom. The predicted octanol–water partition coefficient (Wildman–Crippen LogP) is 6.87. The normalized spacial score (nSPS) is 11.1. The average molecular weight is 630 g/mol. The number of aliphatic hydroxyl groups is 1. The predicted molar refractivity (Wildman–Crippen MR) is 184 cm³/mol. The van der Waals surface area contributed by atoms with Crippen molar-refractivity contribution in [3.8, 4) is 29.6 Å². The molecule has 6 N–H and O–H groups in total. The smallest absolute Gasteiger partial charge is 0.324 e. The molecule has 5 aromatic rings. The SMILES string of the molecule is C#Cc1cc(CO)cc(Nc2cc(Oc3ccc(N(C(N)=O)c4cc(C(C)(C)C)cc(C(N)=O)c4OC)c4ccccc34)ccn2)c1. The van der Waals surface area contributed by atoms with Gasteiger partial charge in [-0.05, 0) is 65.1 Å². The second-order valence-corrected chi connectivity index (χ2v) is 11.8. The summed E-state index contributed by atoms with van der Waals surface area (Å²) in [7, 11) is 1.41. The first kappa shape index (κ1) is 32.3. The van der Waals surface area contributed by atoms with Crippen molar-refractivity contribution in [2.24, 2.45) is 11.5 Å². The lowest BCUT2D eigenvalue weighted by atomic mass is 9.85. The molecule has 0 saturated heterocycles. The first-order valence-electron chi connectivity index (χ1n) is 14.7. The molecule has 0 saturated carbocycles. The van der Waals surface area contributed by atoms with Crippen molar-refractivity contribution in [2.75, 3.05) is 17.3 Å². The first-order chi connectivity index (χ1) is 22.4. The second-order valence-electron chi connectivity index (χ2n) is 11.8. The number of terminal acetylenes is 1. The summed E-state index contributed by atoms with van der Waals surface area (Å²) in [5.41, 5.74) is 15.0. The fourth-order valence-electron chi connectivity index (χ4n) is 5.27. The number of anilines is 4. The number of urea groups is 1. The number of nitrogens with two attached hydrogens (primary N) is 2. The van der Waals surface area contributed by atoms with Gasteiger partial charge in [0.1, 0.15) is 17.3 Å². The summed E-state index contributed by atoms with van der Waals surface area (Å²) >= 11 is 0. The van der Waals surface area contributed by atoms with Crippen molar-refractivity contribution >= 4 is 45.6 Å². The molecule has 0 spiro atoms. The van der Waals surface area contributed by atoms with E-state index in [4.69, 9.17) is 27.4 Å². The van der Waals surface area contributed by atoms with E-state index in [1.54, 1.807) is 60.8 Å². The Balaban J connectivity index is 1.57. The Kier molecular flexibility index (Phi) is 9.03. The summed E-state index contributed by atoms with van der Waals surface area (Å²) in [5, 5.41) is 14.2. The number of methoxy groups -OCH3 is 1. The number of primary amides is 2. The van der Waals surface area contributed by atoms with E-state index in [1.807, 2.05) is 45.0 Å². The van der Waals surface area contributed by atoms with Crippen LogP contribution >= 0.6 is 0 Å². The van der Waals surface area contributed by atoms with E-state index in [0.717, 1.165) is 5.56 Å². The molecule has 10 nitrogen and oxygen atoms in total. The molecular formula is C37H35N5O5. The first-order valence-corrected chi connectivity index (χ1v) is 14.7. The van der Waals surface area contributed by atoms with Crippen LogP contribution in [0.2, 0.25) is 0 Å². The lowest BCUT2D eigenvalue weighted by Gasteiger charge is -2.28. The molecule has 0 aliphatic heterocycles. The van der Waals surface area contributed by atoms with E-state index in [9.17, 15) is 14.7 Å². The van der Waals surface area contributed by atoms with Gasteiger partial charge >= 0.3 is 6.03 Å². The Labute approximate surface area is 272 Å². The minimum Gasteiger partial charge on any atom is -0.494 e. The lowest BCUT2D eigenvalue weighted by molar-refractivity contribution is 0.0997. The molecule has 3 amide bonds. The minimum atomic E-state index is -0.785. The molecule has 1 aromatic heterocycles. The van der Waals surface area contributed by atoms with E-state index < -0.39 is 17.4 Å². The van der Waals surface area contributed by atoms with Crippen molar-refractivity contribution in [1.29, 1.82) is 0 Å². The molecule has 0 atom stereocenters. The van der Waals surface area contributed by atoms with Gasteiger partial charge in [0, 0.05) is 34.3 Å². The van der Waals surface area contributed by atoms with Crippen LogP contribution in [0.4, 0.5) is 27.7 Å². The highest BCUT2D eigenvalue weighted by Crippen LogP contribution is 2.44. The van der Waals surface area contributed by atoms with Gasteiger partial charge in [0.25, 0.3) is 5.91 Å². The second kappa shape index (κ2) is 13.1. The van der Waals surface area contributed by atoms with Crippen LogP contribution in [0, 0.1) is 12.3 Å². The zero-order valence-electron chi connectivity index (χ0n) is 26.5. The third-order valence-corrected chi connectivity index (χ3v) is 7.54. The van der Waals surface area contributed by atoms with Crippen LogP contribution in [-0.2, 0) is 12.0 Å². The number of fused-ring (bicyclic) bond motifs is 1. The zero-order chi connectivity index (χ0) is 33.9. The summed E-state index contributed by atoms with van der Waals surface area (Å²) in [6.45, 7) is 5.80. The van der Waals surface area contributed by atoms with E-state index in [0.29, 0.717) is 50.6 Å². The Morgan fingerprint density at radius 3 is 2.36 bits per heavy atom. The number of hydrogen-bond donors (Lipinski definition) is 4. The summed E-state index contributed by atoms with van der Waals surface area (Å²) in [6.07, 6.45) is 7.18. The van der Waals surface area contributed by atoms with Crippen molar-refractivity contribution < 1.29 is 24.2 Å². The van der Waals surface area contributed by atoms with Crippen molar-refractivity contribution in [3.63, 3.8) is 0 Å². The number of ether oxygens (including phenoxy) is 2. The van der Waals surface area contributed by atoms with Crippen LogP contribution in [0.15, 0.2) is 85.1 Å². The number of nitrogens with one attached hydrogen (secondary N) is 1. The van der Waals surface area contributed by atoms with Gasteiger partial charge in [0.05, 0.1) is 30.7 Å². The standard InChI is InChI=1S/C37H35N5O5/c1-6-22-15-23(21-43)17-25(16-22)41-33-20-26(13-14-40-33)47-32-12-11-30(27-9-7-8-10-28(27)32)42(36(39)45)31-19-24(37(2,3)4)18-29(35(38)44)34(31)46-5/h1,7-20,43H,21H2,2-5H3,(H2,38,44)(H2,39,45)(H,40,41). The number of rotatable bonds is 9. The molecule has 0 aliphatic rings. The summed E-state index contributed by atoms with van der Waals surface area (Å²) in [4.78, 5) is 31.4. The largest absolute Gasteiger partial charge is 0.494 e. The minimum absolute atomic E-state index is 0.129. The number of benzene rings is 4. The molecule has 0 fully saturated rings. The van der Waals surface area contributed by atoms with Gasteiger partial charge in [-0.2, -0.15) is 0 Å².